The first-order chi connectivity index (χ1) is 8.66. The van der Waals surface area contributed by atoms with E-state index in [-0.39, 0.29) is 0 Å². The van der Waals surface area contributed by atoms with Crippen molar-refractivity contribution in [2.45, 2.75) is 32.7 Å². The molecule has 1 aliphatic heterocycles. The van der Waals surface area contributed by atoms with E-state index in [2.05, 4.69) is 34.0 Å². The third kappa shape index (κ3) is 3.56. The first kappa shape index (κ1) is 13.6. The number of hydrogen-bond donors (Lipinski definition) is 1. The molecular weight excluding hydrogens is 248 g/mol. The largest absolute Gasteiger partial charge is 0.355 e. The molecule has 1 N–H and O–H groups in total. The summed E-state index contributed by atoms with van der Waals surface area (Å²) in [5, 5.41) is 4.16. The number of nitrogens with one attached hydrogen (secondary N) is 1. The number of nitrogens with zero attached hydrogens (tertiary/aromatic N) is 3. The van der Waals surface area contributed by atoms with Crippen molar-refractivity contribution in [3.05, 3.63) is 17.5 Å². The summed E-state index contributed by atoms with van der Waals surface area (Å²) in [6.45, 7) is 7.49. The number of piperidine rings is 1. The van der Waals surface area contributed by atoms with Crippen molar-refractivity contribution in [2.75, 3.05) is 24.5 Å². The lowest BCUT2D eigenvalue weighted by atomic mass is 9.98. The number of aromatic nitrogens is 2. The minimum atomic E-state index is 0.544. The molecule has 0 saturated carbocycles. The summed E-state index contributed by atoms with van der Waals surface area (Å²) in [6, 6.07) is 0.544. The van der Waals surface area contributed by atoms with Gasteiger partial charge >= 0.3 is 0 Å². The first-order valence-electron chi connectivity index (χ1n) is 6.60. The lowest BCUT2D eigenvalue weighted by molar-refractivity contribution is 0.378. The van der Waals surface area contributed by atoms with Crippen molar-refractivity contribution >= 4 is 17.4 Å². The molecule has 2 rings (SSSR count). The van der Waals surface area contributed by atoms with E-state index in [1.54, 1.807) is 12.5 Å². The van der Waals surface area contributed by atoms with Crippen LogP contribution in [0.15, 0.2) is 12.5 Å². The molecule has 1 fully saturated rings. The molecule has 0 amide bonds. The first-order valence-corrected chi connectivity index (χ1v) is 6.98. The summed E-state index contributed by atoms with van der Waals surface area (Å²) in [5.74, 6) is 1.55. The van der Waals surface area contributed by atoms with Gasteiger partial charge in [0.05, 0.1) is 6.20 Å². The Kier molecular flexibility index (Phi) is 4.78. The van der Waals surface area contributed by atoms with Gasteiger partial charge in [0, 0.05) is 19.1 Å². The molecule has 1 saturated heterocycles. The van der Waals surface area contributed by atoms with E-state index in [1.165, 1.54) is 12.8 Å². The monoisotopic (exact) mass is 268 g/mol. The molecule has 0 aromatic carbocycles. The van der Waals surface area contributed by atoms with E-state index < -0.39 is 0 Å². The molecule has 5 heteroatoms. The van der Waals surface area contributed by atoms with Crippen LogP contribution in [-0.4, -0.2) is 35.6 Å². The molecule has 1 unspecified atom stereocenters. The Hall–Kier alpha value is -0.870. The molecule has 2 heterocycles. The predicted octanol–water partition coefficient (Wildman–Crippen LogP) is 2.34. The van der Waals surface area contributed by atoms with E-state index in [1.807, 2.05) is 0 Å². The van der Waals surface area contributed by atoms with E-state index in [9.17, 15) is 0 Å². The maximum absolute atomic E-state index is 6.15. The van der Waals surface area contributed by atoms with E-state index >= 15 is 0 Å². The van der Waals surface area contributed by atoms with Crippen LogP contribution in [0.2, 0.25) is 5.02 Å². The second-order valence-corrected chi connectivity index (χ2v) is 5.62. The van der Waals surface area contributed by atoms with Crippen LogP contribution >= 0.6 is 11.6 Å². The van der Waals surface area contributed by atoms with Crippen LogP contribution in [0, 0.1) is 5.92 Å². The molecule has 1 aromatic heterocycles. The Bertz CT molecular complexity index is 383. The zero-order valence-corrected chi connectivity index (χ0v) is 11.8. The molecule has 0 spiro atoms. The summed E-state index contributed by atoms with van der Waals surface area (Å²) in [7, 11) is 0. The van der Waals surface area contributed by atoms with E-state index in [4.69, 9.17) is 11.6 Å². The van der Waals surface area contributed by atoms with Gasteiger partial charge in [-0.15, -0.1) is 0 Å². The zero-order valence-electron chi connectivity index (χ0n) is 11.1. The van der Waals surface area contributed by atoms with Gasteiger partial charge < -0.3 is 10.2 Å². The maximum atomic E-state index is 6.15. The summed E-state index contributed by atoms with van der Waals surface area (Å²) in [4.78, 5) is 10.5. The van der Waals surface area contributed by atoms with Gasteiger partial charge in [0.2, 0.25) is 0 Å². The Labute approximate surface area is 114 Å². The van der Waals surface area contributed by atoms with Gasteiger partial charge in [0.1, 0.15) is 11.3 Å². The minimum absolute atomic E-state index is 0.544. The predicted molar refractivity (Wildman–Crippen MR) is 75.1 cm³/mol. The van der Waals surface area contributed by atoms with E-state index in [0.29, 0.717) is 17.0 Å². The highest BCUT2D eigenvalue weighted by Crippen LogP contribution is 2.26. The Morgan fingerprint density at radius 2 is 2.39 bits per heavy atom. The van der Waals surface area contributed by atoms with Crippen LogP contribution in [-0.2, 0) is 0 Å². The third-order valence-electron chi connectivity index (χ3n) is 3.28. The van der Waals surface area contributed by atoms with Crippen molar-refractivity contribution in [3.63, 3.8) is 0 Å². The van der Waals surface area contributed by atoms with Crippen molar-refractivity contribution in [1.29, 1.82) is 0 Å². The molecule has 4 nitrogen and oxygen atoms in total. The van der Waals surface area contributed by atoms with Gasteiger partial charge in [0.25, 0.3) is 0 Å². The van der Waals surface area contributed by atoms with Crippen molar-refractivity contribution < 1.29 is 0 Å². The molecule has 1 aliphatic rings. The highest BCUT2D eigenvalue weighted by molar-refractivity contribution is 6.32. The zero-order chi connectivity index (χ0) is 13.0. The number of hydrogen-bond acceptors (Lipinski definition) is 4. The van der Waals surface area contributed by atoms with Crippen molar-refractivity contribution in [3.8, 4) is 0 Å². The summed E-state index contributed by atoms with van der Waals surface area (Å²) < 4.78 is 0. The van der Waals surface area contributed by atoms with Crippen LogP contribution in [0.25, 0.3) is 0 Å². The van der Waals surface area contributed by atoms with Crippen LogP contribution in [0.1, 0.15) is 26.7 Å². The molecular formula is C13H21ClN4. The minimum Gasteiger partial charge on any atom is -0.355 e. The fourth-order valence-corrected chi connectivity index (χ4v) is 2.59. The molecule has 1 aromatic rings. The lowest BCUT2D eigenvalue weighted by Crippen LogP contribution is -2.41. The fraction of sp³-hybridized carbons (Fsp3) is 0.692. The van der Waals surface area contributed by atoms with E-state index in [0.717, 1.165) is 25.5 Å². The van der Waals surface area contributed by atoms with Gasteiger partial charge in [-0.3, -0.25) is 0 Å². The van der Waals surface area contributed by atoms with Crippen LogP contribution in [0.3, 0.4) is 0 Å². The van der Waals surface area contributed by atoms with Gasteiger partial charge in [-0.2, -0.15) is 0 Å². The fourth-order valence-electron chi connectivity index (χ4n) is 2.37. The van der Waals surface area contributed by atoms with Crippen LogP contribution < -0.4 is 10.2 Å². The molecule has 0 aliphatic carbocycles. The van der Waals surface area contributed by atoms with Gasteiger partial charge in [-0.25, -0.2) is 9.97 Å². The summed E-state index contributed by atoms with van der Waals surface area (Å²) >= 11 is 6.15. The average Bonchev–Trinajstić information content (AvgIpc) is 2.37. The van der Waals surface area contributed by atoms with Gasteiger partial charge in [-0.05, 0) is 25.3 Å². The Morgan fingerprint density at radius 3 is 3.11 bits per heavy atom. The summed E-state index contributed by atoms with van der Waals surface area (Å²) in [5.41, 5.74) is 0. The average molecular weight is 269 g/mol. The van der Waals surface area contributed by atoms with Gasteiger partial charge in [-0.1, -0.05) is 25.4 Å². The standard InChI is InChI=1S/C13H21ClN4/c1-10(2)16-6-11-4-3-5-18(8-11)13-12(14)7-15-9-17-13/h7,9-11,16H,3-6,8H2,1-2H3. The Balaban J connectivity index is 1.96. The molecule has 18 heavy (non-hydrogen) atoms. The molecule has 100 valence electrons. The second kappa shape index (κ2) is 6.34. The topological polar surface area (TPSA) is 41.0 Å². The number of rotatable bonds is 4. The highest BCUT2D eigenvalue weighted by Gasteiger charge is 2.22. The third-order valence-corrected chi connectivity index (χ3v) is 3.55. The maximum Gasteiger partial charge on any atom is 0.150 e. The summed E-state index contributed by atoms with van der Waals surface area (Å²) in [6.07, 6.45) is 5.71. The molecule has 1 atom stereocenters. The smallest absolute Gasteiger partial charge is 0.150 e. The number of anilines is 1. The SMILES string of the molecule is CC(C)NCC1CCCN(c2ncncc2Cl)C1. The van der Waals surface area contributed by atoms with Crippen LogP contribution in [0.5, 0.6) is 0 Å². The molecule has 0 bridgehead atoms. The lowest BCUT2D eigenvalue weighted by Gasteiger charge is -2.34. The normalized spacial score (nSPS) is 20.4. The number of halogens is 1. The second-order valence-electron chi connectivity index (χ2n) is 5.21. The highest BCUT2D eigenvalue weighted by atomic mass is 35.5. The quantitative estimate of drug-likeness (QED) is 0.910. The van der Waals surface area contributed by atoms with Crippen molar-refractivity contribution in [2.24, 2.45) is 5.92 Å². The van der Waals surface area contributed by atoms with Gasteiger partial charge in [0.15, 0.2) is 5.82 Å². The molecule has 0 radical (unpaired) electrons. The Morgan fingerprint density at radius 1 is 1.56 bits per heavy atom. The van der Waals surface area contributed by atoms with Crippen molar-refractivity contribution in [1.82, 2.24) is 15.3 Å². The van der Waals surface area contributed by atoms with Crippen LogP contribution in [0.4, 0.5) is 5.82 Å².